The molecule has 1 aromatic rings. The van der Waals surface area contributed by atoms with Crippen LogP contribution >= 0.6 is 0 Å². The fourth-order valence-electron chi connectivity index (χ4n) is 2.09. The van der Waals surface area contributed by atoms with E-state index in [-0.39, 0.29) is 0 Å². The second-order valence-electron chi connectivity index (χ2n) is 4.02. The Hall–Kier alpha value is -1.06. The molecule has 2 rings (SSSR count). The van der Waals surface area contributed by atoms with Crippen molar-refractivity contribution in [2.75, 3.05) is 25.6 Å². The van der Waals surface area contributed by atoms with Crippen molar-refractivity contribution in [1.82, 2.24) is 4.90 Å². The first-order chi connectivity index (χ1) is 6.79. The summed E-state index contributed by atoms with van der Waals surface area (Å²) in [4.78, 5) is 2.37. The minimum absolute atomic E-state index is 0.674. The Kier molecular flexibility index (Phi) is 2.70. The molecule has 0 bridgehead atoms. The molecule has 1 saturated heterocycles. The molecule has 1 heterocycles. The van der Waals surface area contributed by atoms with Crippen molar-refractivity contribution in [3.8, 4) is 0 Å². The molecule has 1 aromatic carbocycles. The van der Waals surface area contributed by atoms with Crippen molar-refractivity contribution in [1.29, 1.82) is 0 Å². The highest BCUT2D eigenvalue weighted by Gasteiger charge is 2.20. The van der Waals surface area contributed by atoms with E-state index < -0.39 is 0 Å². The molecule has 14 heavy (non-hydrogen) atoms. The van der Waals surface area contributed by atoms with E-state index in [1.54, 1.807) is 0 Å². The van der Waals surface area contributed by atoms with Crippen LogP contribution in [-0.2, 0) is 0 Å². The lowest BCUT2D eigenvalue weighted by atomic mass is 9.98. The van der Waals surface area contributed by atoms with Crippen LogP contribution in [0.5, 0.6) is 0 Å². The summed E-state index contributed by atoms with van der Waals surface area (Å²) in [5.74, 6) is 6.06. The van der Waals surface area contributed by atoms with Crippen molar-refractivity contribution in [2.24, 2.45) is 5.84 Å². The first kappa shape index (κ1) is 9.49. The smallest absolute Gasteiger partial charge is 0.0487 e. The van der Waals surface area contributed by atoms with Crippen LogP contribution in [0.3, 0.4) is 0 Å². The van der Waals surface area contributed by atoms with Gasteiger partial charge in [-0.2, -0.15) is 0 Å². The number of likely N-dealkylation sites (tertiary alicyclic amines) is 1. The highest BCUT2D eigenvalue weighted by molar-refractivity contribution is 5.45. The zero-order valence-corrected chi connectivity index (χ0v) is 8.53. The van der Waals surface area contributed by atoms with E-state index in [2.05, 4.69) is 35.6 Å². The quantitative estimate of drug-likeness (QED) is 0.548. The molecule has 0 aromatic heterocycles. The molecule has 0 spiro atoms. The summed E-state index contributed by atoms with van der Waals surface area (Å²) in [6, 6.07) is 8.37. The summed E-state index contributed by atoms with van der Waals surface area (Å²) in [5, 5.41) is 0. The van der Waals surface area contributed by atoms with E-state index in [4.69, 9.17) is 5.84 Å². The number of nitrogens with zero attached hydrogens (tertiary/aromatic N) is 1. The number of nitrogen functional groups attached to an aromatic ring is 1. The Morgan fingerprint density at radius 3 is 3.00 bits per heavy atom. The summed E-state index contributed by atoms with van der Waals surface area (Å²) in [6.45, 7) is 2.36. The number of benzene rings is 1. The van der Waals surface area contributed by atoms with Crippen LogP contribution in [-0.4, -0.2) is 25.0 Å². The van der Waals surface area contributed by atoms with Gasteiger partial charge in [0.05, 0.1) is 0 Å². The maximum Gasteiger partial charge on any atom is 0.0487 e. The van der Waals surface area contributed by atoms with Gasteiger partial charge in [-0.05, 0) is 43.6 Å². The Bertz CT molecular complexity index is 311. The predicted octanol–water partition coefficient (Wildman–Crippen LogP) is 1.39. The molecular formula is C11H17N3. The lowest BCUT2D eigenvalue weighted by Crippen LogP contribution is -2.13. The second-order valence-corrected chi connectivity index (χ2v) is 4.02. The standard InChI is InChI=1S/C11H17N3/c1-14-6-5-10(8-14)9-3-2-4-11(7-9)13-12/h2-4,7,10,13H,5-6,8,12H2,1H3. The van der Waals surface area contributed by atoms with Gasteiger partial charge in [-0.3, -0.25) is 5.84 Å². The molecule has 1 fully saturated rings. The normalized spacial score (nSPS) is 22.6. The molecule has 0 radical (unpaired) electrons. The number of nitrogens with two attached hydrogens (primary N) is 1. The first-order valence-corrected chi connectivity index (χ1v) is 5.04. The maximum atomic E-state index is 5.38. The van der Waals surface area contributed by atoms with E-state index >= 15 is 0 Å². The van der Waals surface area contributed by atoms with Crippen LogP contribution < -0.4 is 11.3 Å². The molecule has 1 unspecified atom stereocenters. The fraction of sp³-hybridized carbons (Fsp3) is 0.455. The largest absolute Gasteiger partial charge is 0.324 e. The number of nitrogens with one attached hydrogen (secondary N) is 1. The topological polar surface area (TPSA) is 41.3 Å². The molecule has 0 amide bonds. The molecule has 1 aliphatic rings. The zero-order chi connectivity index (χ0) is 9.97. The zero-order valence-electron chi connectivity index (χ0n) is 8.53. The van der Waals surface area contributed by atoms with Crippen LogP contribution in [0.25, 0.3) is 0 Å². The predicted molar refractivity (Wildman–Crippen MR) is 59.1 cm³/mol. The van der Waals surface area contributed by atoms with E-state index in [9.17, 15) is 0 Å². The maximum absolute atomic E-state index is 5.38. The van der Waals surface area contributed by atoms with Crippen LogP contribution in [0, 0.1) is 0 Å². The Morgan fingerprint density at radius 1 is 1.50 bits per heavy atom. The number of hydrazine groups is 1. The van der Waals surface area contributed by atoms with Crippen LogP contribution in [0.2, 0.25) is 0 Å². The molecule has 1 atom stereocenters. The fourth-order valence-corrected chi connectivity index (χ4v) is 2.09. The molecule has 3 nitrogen and oxygen atoms in total. The van der Waals surface area contributed by atoms with E-state index in [0.29, 0.717) is 5.92 Å². The third-order valence-corrected chi connectivity index (χ3v) is 2.92. The molecule has 0 aliphatic carbocycles. The van der Waals surface area contributed by atoms with E-state index in [1.165, 1.54) is 18.5 Å². The highest BCUT2D eigenvalue weighted by Crippen LogP contribution is 2.27. The van der Waals surface area contributed by atoms with Crippen molar-refractivity contribution < 1.29 is 0 Å². The van der Waals surface area contributed by atoms with Gasteiger partial charge in [-0.25, -0.2) is 0 Å². The van der Waals surface area contributed by atoms with Crippen molar-refractivity contribution >= 4 is 5.69 Å². The van der Waals surface area contributed by atoms with Crippen molar-refractivity contribution in [3.05, 3.63) is 29.8 Å². The van der Waals surface area contributed by atoms with Gasteiger partial charge in [0, 0.05) is 12.2 Å². The van der Waals surface area contributed by atoms with Gasteiger partial charge in [-0.1, -0.05) is 12.1 Å². The molecule has 3 heteroatoms. The first-order valence-electron chi connectivity index (χ1n) is 5.04. The van der Waals surface area contributed by atoms with Crippen molar-refractivity contribution in [2.45, 2.75) is 12.3 Å². The van der Waals surface area contributed by atoms with Crippen molar-refractivity contribution in [3.63, 3.8) is 0 Å². The summed E-state index contributed by atoms with van der Waals surface area (Å²) in [5.41, 5.74) is 5.08. The van der Waals surface area contributed by atoms with Crippen LogP contribution in [0.15, 0.2) is 24.3 Å². The van der Waals surface area contributed by atoms with Gasteiger partial charge in [0.2, 0.25) is 0 Å². The molecule has 76 valence electrons. The third-order valence-electron chi connectivity index (χ3n) is 2.92. The summed E-state index contributed by atoms with van der Waals surface area (Å²) < 4.78 is 0. The van der Waals surface area contributed by atoms with Gasteiger partial charge in [0.15, 0.2) is 0 Å². The SMILES string of the molecule is CN1CCC(c2cccc(NN)c2)C1. The van der Waals surface area contributed by atoms with E-state index in [0.717, 1.165) is 12.2 Å². The second kappa shape index (κ2) is 3.98. The van der Waals surface area contributed by atoms with Gasteiger partial charge in [-0.15, -0.1) is 0 Å². The number of hydrogen-bond acceptors (Lipinski definition) is 3. The summed E-state index contributed by atoms with van der Waals surface area (Å²) in [7, 11) is 2.17. The summed E-state index contributed by atoms with van der Waals surface area (Å²) in [6.07, 6.45) is 1.25. The average Bonchev–Trinajstić information content (AvgIpc) is 2.65. The van der Waals surface area contributed by atoms with Gasteiger partial charge < -0.3 is 10.3 Å². The average molecular weight is 191 g/mol. The summed E-state index contributed by atoms with van der Waals surface area (Å²) >= 11 is 0. The minimum atomic E-state index is 0.674. The molecular weight excluding hydrogens is 174 g/mol. The minimum Gasteiger partial charge on any atom is -0.324 e. The number of rotatable bonds is 2. The molecule has 3 N–H and O–H groups in total. The Balaban J connectivity index is 2.15. The molecule has 0 saturated carbocycles. The third kappa shape index (κ3) is 1.89. The van der Waals surface area contributed by atoms with Gasteiger partial charge in [0.25, 0.3) is 0 Å². The lowest BCUT2D eigenvalue weighted by molar-refractivity contribution is 0.411. The molecule has 1 aliphatic heterocycles. The van der Waals surface area contributed by atoms with Crippen LogP contribution in [0.1, 0.15) is 17.9 Å². The Morgan fingerprint density at radius 2 is 2.36 bits per heavy atom. The number of likely N-dealkylation sites (N-methyl/N-ethyl adjacent to an activating group) is 1. The van der Waals surface area contributed by atoms with Gasteiger partial charge >= 0.3 is 0 Å². The number of hydrogen-bond donors (Lipinski definition) is 2. The highest BCUT2D eigenvalue weighted by atomic mass is 15.2. The lowest BCUT2D eigenvalue weighted by Gasteiger charge is -2.11. The van der Waals surface area contributed by atoms with E-state index in [1.807, 2.05) is 6.07 Å². The Labute approximate surface area is 84.9 Å². The van der Waals surface area contributed by atoms with Crippen LogP contribution in [0.4, 0.5) is 5.69 Å². The number of anilines is 1. The monoisotopic (exact) mass is 191 g/mol. The van der Waals surface area contributed by atoms with Gasteiger partial charge in [0.1, 0.15) is 0 Å².